The maximum absolute atomic E-state index is 12.9. The van der Waals surface area contributed by atoms with Crippen molar-refractivity contribution < 1.29 is 44.7 Å². The second-order valence-electron chi connectivity index (χ2n) is 6.51. The van der Waals surface area contributed by atoms with E-state index >= 15 is 0 Å². The summed E-state index contributed by atoms with van der Waals surface area (Å²) in [5.74, 6) is -0.879. The van der Waals surface area contributed by atoms with Crippen molar-refractivity contribution in [3.63, 3.8) is 0 Å². The molecule has 0 aliphatic heterocycles. The predicted octanol–water partition coefficient (Wildman–Crippen LogP) is 3.72. The van der Waals surface area contributed by atoms with Gasteiger partial charge in [-0.25, -0.2) is 8.42 Å². The van der Waals surface area contributed by atoms with Gasteiger partial charge in [-0.3, -0.25) is 4.79 Å². The molecule has 31 heavy (non-hydrogen) atoms. The lowest BCUT2D eigenvalue weighted by Gasteiger charge is -2.32. The fourth-order valence-electron chi connectivity index (χ4n) is 2.62. The Bertz CT molecular complexity index is 1020. The maximum atomic E-state index is 12.9. The van der Waals surface area contributed by atoms with E-state index in [1.807, 2.05) is 0 Å². The third-order valence-corrected chi connectivity index (χ3v) is 6.25. The third-order valence-electron chi connectivity index (χ3n) is 4.50. The van der Waals surface area contributed by atoms with Crippen LogP contribution in [-0.2, 0) is 22.0 Å². The number of carbonyl (C=O) groups is 1. The summed E-state index contributed by atoms with van der Waals surface area (Å²) in [6.45, 7) is 1.42. The Balaban J connectivity index is 2.14. The molecule has 1 amide bonds. The smallest absolute Gasteiger partial charge is 0.369 e. The van der Waals surface area contributed by atoms with Gasteiger partial charge in [-0.05, 0) is 29.8 Å². The number of nitrogens with one attached hydrogen (secondary N) is 1. The molecule has 2 N–H and O–H groups in total. The lowest BCUT2D eigenvalue weighted by Crippen LogP contribution is -2.53. The van der Waals surface area contributed by atoms with E-state index in [1.165, 1.54) is 31.2 Å². The molecule has 0 heterocycles. The summed E-state index contributed by atoms with van der Waals surface area (Å²) in [6, 6.07) is 7.82. The van der Waals surface area contributed by atoms with Crippen LogP contribution in [0.3, 0.4) is 0 Å². The highest BCUT2D eigenvalue weighted by molar-refractivity contribution is 7.91. The monoisotopic (exact) mass is 469 g/mol. The van der Waals surface area contributed by atoms with Gasteiger partial charge in [-0.2, -0.15) is 26.3 Å². The Morgan fingerprint density at radius 1 is 0.903 bits per heavy atom. The normalized spacial score (nSPS) is 13.2. The Labute approximate surface area is 173 Å². The van der Waals surface area contributed by atoms with Gasteiger partial charge in [0.05, 0.1) is 10.6 Å². The summed E-state index contributed by atoms with van der Waals surface area (Å²) in [7, 11) is -3.39. The van der Waals surface area contributed by atoms with Crippen LogP contribution < -0.4 is 5.32 Å². The molecule has 0 unspecified atom stereocenters. The number of rotatable bonds is 6. The second-order valence-corrected chi connectivity index (χ2v) is 8.79. The van der Waals surface area contributed by atoms with Crippen molar-refractivity contribution >= 4 is 15.7 Å². The van der Waals surface area contributed by atoms with Crippen LogP contribution in [0.5, 0.6) is 0 Å². The van der Waals surface area contributed by atoms with Crippen molar-refractivity contribution in [2.75, 3.05) is 5.75 Å². The first kappa shape index (κ1) is 24.7. The van der Waals surface area contributed by atoms with Gasteiger partial charge in [0.15, 0.2) is 9.84 Å². The van der Waals surface area contributed by atoms with Crippen LogP contribution >= 0.6 is 0 Å². The van der Waals surface area contributed by atoms with Crippen molar-refractivity contribution in [1.82, 2.24) is 5.32 Å². The van der Waals surface area contributed by atoms with E-state index in [4.69, 9.17) is 0 Å². The topological polar surface area (TPSA) is 83.5 Å². The minimum atomic E-state index is -6.02. The van der Waals surface area contributed by atoms with Crippen LogP contribution in [0.2, 0.25) is 0 Å². The zero-order chi connectivity index (χ0) is 23.7. The fourth-order valence-corrected chi connectivity index (χ4v) is 3.50. The third kappa shape index (κ3) is 5.01. The lowest BCUT2D eigenvalue weighted by atomic mass is 9.91. The van der Waals surface area contributed by atoms with Gasteiger partial charge < -0.3 is 10.4 Å². The summed E-state index contributed by atoms with van der Waals surface area (Å²) in [5.41, 5.74) is -6.27. The number of benzene rings is 2. The Morgan fingerprint density at radius 3 is 1.81 bits per heavy atom. The van der Waals surface area contributed by atoms with Gasteiger partial charge in [0.2, 0.25) is 0 Å². The van der Waals surface area contributed by atoms with Crippen molar-refractivity contribution in [3.8, 4) is 0 Å². The molecule has 0 bridgehead atoms. The van der Waals surface area contributed by atoms with Crippen molar-refractivity contribution in [3.05, 3.63) is 65.2 Å². The molecular weight excluding hydrogens is 452 g/mol. The minimum Gasteiger partial charge on any atom is -0.369 e. The molecule has 0 fully saturated rings. The molecule has 5 nitrogen and oxygen atoms in total. The highest BCUT2D eigenvalue weighted by atomic mass is 32.2. The van der Waals surface area contributed by atoms with Gasteiger partial charge in [-0.1, -0.05) is 31.2 Å². The first-order chi connectivity index (χ1) is 14.1. The predicted molar refractivity (Wildman–Crippen MR) is 97.8 cm³/mol. The van der Waals surface area contributed by atoms with Gasteiger partial charge in [0, 0.05) is 17.7 Å². The van der Waals surface area contributed by atoms with E-state index in [0.29, 0.717) is 17.7 Å². The van der Waals surface area contributed by atoms with Crippen LogP contribution in [0.25, 0.3) is 0 Å². The highest BCUT2D eigenvalue weighted by Gasteiger charge is 2.71. The SMILES string of the molecule is CCS(=O)(=O)c1ccc(CNC(=O)c2ccc(C(O)(C(F)(F)F)C(F)(F)F)cc2)cc1. The van der Waals surface area contributed by atoms with Gasteiger partial charge >= 0.3 is 12.4 Å². The van der Waals surface area contributed by atoms with Gasteiger partial charge in [0.25, 0.3) is 11.5 Å². The minimum absolute atomic E-state index is 0.0674. The number of amides is 1. The van der Waals surface area contributed by atoms with Gasteiger partial charge in [0.1, 0.15) is 0 Å². The summed E-state index contributed by atoms with van der Waals surface area (Å²) in [5, 5.41) is 11.8. The number of carbonyl (C=O) groups excluding carboxylic acids is 1. The molecule has 0 spiro atoms. The number of hydrogen-bond acceptors (Lipinski definition) is 4. The first-order valence-corrected chi connectivity index (χ1v) is 10.3. The van der Waals surface area contributed by atoms with Crippen LogP contribution in [-0.4, -0.2) is 37.5 Å². The van der Waals surface area contributed by atoms with Crippen molar-refractivity contribution in [2.45, 2.75) is 36.3 Å². The van der Waals surface area contributed by atoms with Gasteiger partial charge in [-0.15, -0.1) is 0 Å². The van der Waals surface area contributed by atoms with E-state index in [2.05, 4.69) is 5.32 Å². The summed E-state index contributed by atoms with van der Waals surface area (Å²) in [6.07, 6.45) is -12.0. The average molecular weight is 469 g/mol. The molecule has 0 atom stereocenters. The molecule has 0 aromatic heterocycles. The molecule has 0 aliphatic carbocycles. The Kier molecular flexibility index (Phi) is 6.76. The zero-order valence-electron chi connectivity index (χ0n) is 15.9. The maximum Gasteiger partial charge on any atom is 0.430 e. The standard InChI is InChI=1S/C19H17F6NO4S/c1-2-31(29,30)15-9-3-12(4-10-15)11-26-16(27)13-5-7-14(8-6-13)17(28,18(20,21)22)19(23,24)25/h3-10,28H,2,11H2,1H3,(H,26,27). The van der Waals surface area contributed by atoms with Crippen LogP contribution in [0, 0.1) is 0 Å². The molecule has 2 aromatic rings. The molecule has 2 rings (SSSR count). The fraction of sp³-hybridized carbons (Fsp3) is 0.316. The molecule has 2 aromatic carbocycles. The Morgan fingerprint density at radius 2 is 1.39 bits per heavy atom. The highest BCUT2D eigenvalue weighted by Crippen LogP contribution is 2.49. The molecule has 170 valence electrons. The van der Waals surface area contributed by atoms with Crippen LogP contribution in [0.15, 0.2) is 53.4 Å². The molecule has 0 aliphatic rings. The van der Waals surface area contributed by atoms with Crippen LogP contribution in [0.1, 0.15) is 28.4 Å². The molecule has 0 radical (unpaired) electrons. The summed E-state index contributed by atoms with van der Waals surface area (Å²) in [4.78, 5) is 12.2. The Hall–Kier alpha value is -2.60. The van der Waals surface area contributed by atoms with E-state index in [9.17, 15) is 44.7 Å². The molecule has 0 saturated carbocycles. The van der Waals surface area contributed by atoms with Crippen LogP contribution in [0.4, 0.5) is 26.3 Å². The lowest BCUT2D eigenvalue weighted by molar-refractivity contribution is -0.376. The van der Waals surface area contributed by atoms with E-state index in [-0.39, 0.29) is 22.8 Å². The molecular formula is C19H17F6NO4S. The number of sulfone groups is 1. The van der Waals surface area contributed by atoms with E-state index in [0.717, 1.165) is 12.1 Å². The van der Waals surface area contributed by atoms with E-state index < -0.39 is 39.3 Å². The van der Waals surface area contributed by atoms with E-state index in [1.54, 1.807) is 0 Å². The zero-order valence-corrected chi connectivity index (χ0v) is 16.7. The summed E-state index contributed by atoms with van der Waals surface area (Å²) < 4.78 is 101. The first-order valence-electron chi connectivity index (χ1n) is 8.69. The number of aliphatic hydroxyl groups is 1. The quantitative estimate of drug-likeness (QED) is 0.632. The molecule has 12 heteroatoms. The van der Waals surface area contributed by atoms with Crippen molar-refractivity contribution in [1.29, 1.82) is 0 Å². The number of hydrogen-bond donors (Lipinski definition) is 2. The summed E-state index contributed by atoms with van der Waals surface area (Å²) >= 11 is 0. The number of halogens is 6. The molecule has 0 saturated heterocycles. The number of alkyl halides is 6. The second kappa shape index (κ2) is 8.50. The largest absolute Gasteiger partial charge is 0.430 e. The van der Waals surface area contributed by atoms with Crippen molar-refractivity contribution in [2.24, 2.45) is 0 Å². The average Bonchev–Trinajstić information content (AvgIpc) is 2.70.